The van der Waals surface area contributed by atoms with Crippen LogP contribution in [0.3, 0.4) is 0 Å². The van der Waals surface area contributed by atoms with E-state index in [1.54, 1.807) is 6.20 Å². The fraction of sp³-hybridized carbons (Fsp3) is 0.318. The van der Waals surface area contributed by atoms with Gasteiger partial charge in [0.15, 0.2) is 5.96 Å². The monoisotopic (exact) mass is 423 g/mol. The zero-order chi connectivity index (χ0) is 20.9. The van der Waals surface area contributed by atoms with Gasteiger partial charge in [0.05, 0.1) is 10.7 Å². The fourth-order valence-corrected chi connectivity index (χ4v) is 3.92. The fourth-order valence-electron chi connectivity index (χ4n) is 3.66. The Kier molecular flexibility index (Phi) is 6.18. The molecule has 1 aliphatic rings. The van der Waals surface area contributed by atoms with E-state index >= 15 is 0 Å². The van der Waals surface area contributed by atoms with Crippen molar-refractivity contribution in [3.63, 3.8) is 0 Å². The molecule has 8 heteroatoms. The molecule has 0 saturated carbocycles. The van der Waals surface area contributed by atoms with Gasteiger partial charge in [-0.25, -0.2) is 9.97 Å². The summed E-state index contributed by atoms with van der Waals surface area (Å²) >= 11 is 6.35. The summed E-state index contributed by atoms with van der Waals surface area (Å²) in [5.41, 5.74) is 2.20. The van der Waals surface area contributed by atoms with Gasteiger partial charge in [-0.15, -0.1) is 0 Å². The average molecular weight is 424 g/mol. The molecule has 0 aliphatic carbocycles. The summed E-state index contributed by atoms with van der Waals surface area (Å²) in [4.78, 5) is 17.9. The van der Waals surface area contributed by atoms with E-state index in [0.29, 0.717) is 6.54 Å². The Morgan fingerprint density at radius 1 is 1.10 bits per heavy atom. The lowest BCUT2D eigenvalue weighted by Gasteiger charge is -2.38. The molecule has 1 aliphatic heterocycles. The van der Waals surface area contributed by atoms with E-state index in [1.807, 2.05) is 55.2 Å². The van der Waals surface area contributed by atoms with Crippen LogP contribution in [-0.4, -0.2) is 58.6 Å². The number of nitrogens with zero attached hydrogens (tertiary/aromatic N) is 6. The van der Waals surface area contributed by atoms with Crippen LogP contribution in [0.2, 0.25) is 5.02 Å². The van der Waals surface area contributed by atoms with Crippen LogP contribution >= 0.6 is 11.6 Å². The minimum atomic E-state index is 0.674. The molecule has 1 fully saturated rings. The summed E-state index contributed by atoms with van der Waals surface area (Å²) in [6, 6.07) is 12.1. The van der Waals surface area contributed by atoms with Gasteiger partial charge in [-0.3, -0.25) is 9.56 Å². The number of guanidine groups is 1. The van der Waals surface area contributed by atoms with Gasteiger partial charge < -0.3 is 15.1 Å². The molecule has 1 N–H and O–H groups in total. The first-order chi connectivity index (χ1) is 14.7. The van der Waals surface area contributed by atoms with Gasteiger partial charge in [0.25, 0.3) is 0 Å². The van der Waals surface area contributed by atoms with Gasteiger partial charge in [-0.1, -0.05) is 29.8 Å². The van der Waals surface area contributed by atoms with Crippen molar-refractivity contribution in [3.05, 3.63) is 71.4 Å². The van der Waals surface area contributed by atoms with Crippen molar-refractivity contribution in [2.75, 3.05) is 38.1 Å². The van der Waals surface area contributed by atoms with Gasteiger partial charge in [0.2, 0.25) is 0 Å². The first kappa shape index (κ1) is 20.2. The Labute approximate surface area is 182 Å². The molecular weight excluding hydrogens is 398 g/mol. The number of halogens is 1. The highest BCUT2D eigenvalue weighted by Crippen LogP contribution is 2.26. The third kappa shape index (κ3) is 4.41. The predicted octanol–water partition coefficient (Wildman–Crippen LogP) is 3.13. The smallest absolute Gasteiger partial charge is 0.194 e. The Morgan fingerprint density at radius 2 is 1.90 bits per heavy atom. The summed E-state index contributed by atoms with van der Waals surface area (Å²) in [5, 5.41) is 4.26. The van der Waals surface area contributed by atoms with Gasteiger partial charge >= 0.3 is 0 Å². The molecule has 3 aromatic rings. The molecule has 0 spiro atoms. The van der Waals surface area contributed by atoms with Crippen molar-refractivity contribution in [2.45, 2.75) is 13.5 Å². The standard InChI is InChI=1S/C22H26ClN7/c1-17-25-9-10-30(17)21-8-7-18(15-26-21)16-27-22(24-2)29-13-11-28(12-14-29)20-6-4-3-5-19(20)23/h3-10,15H,11-14,16H2,1-2H3,(H,24,27). The average Bonchev–Trinajstić information content (AvgIpc) is 3.21. The van der Waals surface area contributed by atoms with Gasteiger partial charge in [0, 0.05) is 58.4 Å². The Hall–Kier alpha value is -3.06. The summed E-state index contributed by atoms with van der Waals surface area (Å²) in [6.07, 6.45) is 5.59. The lowest BCUT2D eigenvalue weighted by molar-refractivity contribution is 0.372. The molecule has 0 bridgehead atoms. The molecule has 2 aromatic heterocycles. The summed E-state index contributed by atoms with van der Waals surface area (Å²) < 4.78 is 1.97. The molecule has 30 heavy (non-hydrogen) atoms. The normalized spacial score (nSPS) is 14.8. The number of aromatic nitrogens is 3. The minimum absolute atomic E-state index is 0.674. The first-order valence-corrected chi connectivity index (χ1v) is 10.4. The van der Waals surface area contributed by atoms with Crippen molar-refractivity contribution in [1.82, 2.24) is 24.8 Å². The number of piperazine rings is 1. The van der Waals surface area contributed by atoms with Crippen molar-refractivity contribution >= 4 is 23.2 Å². The van der Waals surface area contributed by atoms with Crippen molar-refractivity contribution in [3.8, 4) is 5.82 Å². The van der Waals surface area contributed by atoms with E-state index in [9.17, 15) is 0 Å². The quantitative estimate of drug-likeness (QED) is 0.516. The number of rotatable bonds is 4. The van der Waals surface area contributed by atoms with Crippen LogP contribution in [0.25, 0.3) is 5.82 Å². The lowest BCUT2D eigenvalue weighted by atomic mass is 10.2. The Balaban J connectivity index is 1.32. The van der Waals surface area contributed by atoms with E-state index in [1.165, 1.54) is 0 Å². The third-order valence-corrected chi connectivity index (χ3v) is 5.64. The highest BCUT2D eigenvalue weighted by atomic mass is 35.5. The van der Waals surface area contributed by atoms with Crippen LogP contribution in [0.4, 0.5) is 5.69 Å². The molecule has 0 unspecified atom stereocenters. The maximum absolute atomic E-state index is 6.35. The number of aryl methyl sites for hydroxylation is 1. The highest BCUT2D eigenvalue weighted by molar-refractivity contribution is 6.33. The van der Waals surface area contributed by atoms with Gasteiger partial charge in [-0.05, 0) is 30.7 Å². The van der Waals surface area contributed by atoms with Crippen LogP contribution in [-0.2, 0) is 6.54 Å². The van der Waals surface area contributed by atoms with Crippen LogP contribution in [0.5, 0.6) is 0 Å². The van der Waals surface area contributed by atoms with Gasteiger partial charge in [-0.2, -0.15) is 0 Å². The first-order valence-electron chi connectivity index (χ1n) is 10.1. The van der Waals surface area contributed by atoms with Crippen LogP contribution in [0, 0.1) is 6.92 Å². The molecule has 3 heterocycles. The van der Waals surface area contributed by atoms with Crippen LogP contribution < -0.4 is 10.2 Å². The largest absolute Gasteiger partial charge is 0.367 e. The molecule has 0 atom stereocenters. The third-order valence-electron chi connectivity index (χ3n) is 5.32. The Morgan fingerprint density at radius 3 is 2.53 bits per heavy atom. The number of hydrogen-bond donors (Lipinski definition) is 1. The molecule has 0 amide bonds. The SMILES string of the molecule is CN=C(NCc1ccc(-n2ccnc2C)nc1)N1CCN(c2ccccc2Cl)CC1. The van der Waals surface area contributed by atoms with Crippen molar-refractivity contribution < 1.29 is 0 Å². The summed E-state index contributed by atoms with van der Waals surface area (Å²) in [5.74, 6) is 2.70. The topological polar surface area (TPSA) is 61.6 Å². The van der Waals surface area contributed by atoms with Crippen molar-refractivity contribution in [2.24, 2.45) is 4.99 Å². The number of pyridine rings is 1. The number of hydrogen-bond acceptors (Lipinski definition) is 4. The summed E-state index contributed by atoms with van der Waals surface area (Å²) in [7, 11) is 1.83. The van der Waals surface area contributed by atoms with Gasteiger partial charge in [0.1, 0.15) is 11.6 Å². The predicted molar refractivity (Wildman–Crippen MR) is 122 cm³/mol. The minimum Gasteiger partial charge on any atom is -0.367 e. The van der Waals surface area contributed by atoms with Crippen molar-refractivity contribution in [1.29, 1.82) is 0 Å². The van der Waals surface area contributed by atoms with E-state index in [0.717, 1.165) is 60.1 Å². The molecule has 1 saturated heterocycles. The number of anilines is 1. The van der Waals surface area contributed by atoms with Crippen LogP contribution in [0.15, 0.2) is 60.0 Å². The van der Waals surface area contributed by atoms with E-state index < -0.39 is 0 Å². The summed E-state index contributed by atoms with van der Waals surface area (Å²) in [6.45, 7) is 6.24. The van der Waals surface area contributed by atoms with E-state index in [2.05, 4.69) is 42.2 Å². The second-order valence-corrected chi connectivity index (χ2v) is 7.60. The maximum Gasteiger partial charge on any atom is 0.194 e. The van der Waals surface area contributed by atoms with E-state index in [4.69, 9.17) is 11.6 Å². The Bertz CT molecular complexity index is 1000. The molecule has 1 aromatic carbocycles. The number of nitrogens with one attached hydrogen (secondary N) is 1. The lowest BCUT2D eigenvalue weighted by Crippen LogP contribution is -2.52. The number of para-hydroxylation sites is 1. The van der Waals surface area contributed by atoms with Crippen LogP contribution in [0.1, 0.15) is 11.4 Å². The highest BCUT2D eigenvalue weighted by Gasteiger charge is 2.21. The number of aliphatic imine (C=N–C) groups is 1. The number of imidazole rings is 1. The molecule has 7 nitrogen and oxygen atoms in total. The second kappa shape index (κ2) is 9.17. The zero-order valence-electron chi connectivity index (χ0n) is 17.3. The number of benzene rings is 1. The zero-order valence-corrected chi connectivity index (χ0v) is 18.0. The molecular formula is C22H26ClN7. The maximum atomic E-state index is 6.35. The van der Waals surface area contributed by atoms with E-state index in [-0.39, 0.29) is 0 Å². The molecule has 156 valence electrons. The molecule has 4 rings (SSSR count). The second-order valence-electron chi connectivity index (χ2n) is 7.20. The molecule has 0 radical (unpaired) electrons.